The molecule has 0 unspecified atom stereocenters. The smallest absolute Gasteiger partial charge is 0.315 e. The van der Waals surface area contributed by atoms with Gasteiger partial charge in [0.15, 0.2) is 5.13 Å². The molecule has 2 aromatic rings. The van der Waals surface area contributed by atoms with E-state index in [1.807, 2.05) is 30.3 Å². The molecule has 158 valence electrons. The van der Waals surface area contributed by atoms with Gasteiger partial charge in [0, 0.05) is 11.4 Å². The Morgan fingerprint density at radius 3 is 2.90 bits per heavy atom. The Morgan fingerprint density at radius 1 is 1.33 bits per heavy atom. The number of aromatic nitrogens is 1. The molecule has 4 rings (SSSR count). The molecule has 2 amide bonds. The zero-order valence-corrected chi connectivity index (χ0v) is 17.4. The number of nitrogens with one attached hydrogen (secondary N) is 1. The van der Waals surface area contributed by atoms with Gasteiger partial charge in [0.25, 0.3) is 5.91 Å². The Bertz CT molecular complexity index is 945. The SMILES string of the molecule is CCOC(=O)[C@H]1CCc2sc(NC(=O)[C@@H]3COCC(=O)N3Cc3ccccc3)nc21. The summed E-state index contributed by atoms with van der Waals surface area (Å²) in [6, 6.07) is 8.78. The largest absolute Gasteiger partial charge is 0.465 e. The minimum absolute atomic E-state index is 0.0383. The van der Waals surface area contributed by atoms with E-state index in [1.54, 1.807) is 6.92 Å². The van der Waals surface area contributed by atoms with Crippen LogP contribution in [0.4, 0.5) is 5.13 Å². The maximum atomic E-state index is 12.9. The highest BCUT2D eigenvalue weighted by Crippen LogP contribution is 2.39. The van der Waals surface area contributed by atoms with Crippen LogP contribution in [0.1, 0.15) is 35.4 Å². The number of carbonyl (C=O) groups excluding carboxylic acids is 3. The van der Waals surface area contributed by atoms with Gasteiger partial charge < -0.3 is 19.7 Å². The first kappa shape index (κ1) is 20.5. The molecular weight excluding hydrogens is 406 g/mol. The van der Waals surface area contributed by atoms with Crippen LogP contribution in [0.5, 0.6) is 0 Å². The zero-order valence-electron chi connectivity index (χ0n) is 16.6. The van der Waals surface area contributed by atoms with Crippen molar-refractivity contribution in [2.24, 2.45) is 0 Å². The lowest BCUT2D eigenvalue weighted by Gasteiger charge is -2.34. The number of amides is 2. The van der Waals surface area contributed by atoms with Crippen molar-refractivity contribution in [3.8, 4) is 0 Å². The average Bonchev–Trinajstić information content (AvgIpc) is 3.30. The molecule has 1 aromatic heterocycles. The third-order valence-corrected chi connectivity index (χ3v) is 6.26. The van der Waals surface area contributed by atoms with Crippen molar-refractivity contribution in [3.05, 3.63) is 46.5 Å². The van der Waals surface area contributed by atoms with Gasteiger partial charge in [-0.1, -0.05) is 30.3 Å². The second-order valence-corrected chi connectivity index (χ2v) is 8.28. The molecule has 0 bridgehead atoms. The van der Waals surface area contributed by atoms with Crippen LogP contribution >= 0.6 is 11.3 Å². The molecule has 1 aromatic carbocycles. The number of morpholine rings is 1. The number of anilines is 1. The first-order valence-electron chi connectivity index (χ1n) is 9.95. The molecule has 1 N–H and O–H groups in total. The summed E-state index contributed by atoms with van der Waals surface area (Å²) < 4.78 is 10.5. The number of benzene rings is 1. The fraction of sp³-hybridized carbons (Fsp3) is 0.429. The number of hydrogen-bond acceptors (Lipinski definition) is 7. The molecule has 2 aliphatic rings. The Kier molecular flexibility index (Phi) is 6.10. The van der Waals surface area contributed by atoms with Gasteiger partial charge in [0.05, 0.1) is 18.9 Å². The molecule has 0 radical (unpaired) electrons. The lowest BCUT2D eigenvalue weighted by molar-refractivity contribution is -0.154. The maximum Gasteiger partial charge on any atom is 0.315 e. The number of rotatable bonds is 6. The molecular formula is C21H23N3O5S. The number of thiazole rings is 1. The van der Waals surface area contributed by atoms with E-state index in [1.165, 1.54) is 16.2 Å². The summed E-state index contributed by atoms with van der Waals surface area (Å²) in [5.41, 5.74) is 1.63. The number of hydrogen-bond donors (Lipinski definition) is 1. The Labute approximate surface area is 178 Å². The van der Waals surface area contributed by atoms with E-state index in [2.05, 4.69) is 10.3 Å². The number of ether oxygens (including phenoxy) is 2. The molecule has 30 heavy (non-hydrogen) atoms. The Hall–Kier alpha value is -2.78. The van der Waals surface area contributed by atoms with Crippen LogP contribution in [0.15, 0.2) is 30.3 Å². The van der Waals surface area contributed by atoms with Gasteiger partial charge in [-0.3, -0.25) is 14.4 Å². The summed E-state index contributed by atoms with van der Waals surface area (Å²) in [6.07, 6.45) is 1.41. The van der Waals surface area contributed by atoms with Crippen molar-refractivity contribution in [3.63, 3.8) is 0 Å². The van der Waals surface area contributed by atoms with Crippen LogP contribution in [0.3, 0.4) is 0 Å². The predicted molar refractivity (Wildman–Crippen MR) is 110 cm³/mol. The first-order chi connectivity index (χ1) is 14.6. The monoisotopic (exact) mass is 429 g/mol. The van der Waals surface area contributed by atoms with Crippen LogP contribution in [0.2, 0.25) is 0 Å². The van der Waals surface area contributed by atoms with Gasteiger partial charge in [-0.2, -0.15) is 0 Å². The van der Waals surface area contributed by atoms with Gasteiger partial charge >= 0.3 is 5.97 Å². The van der Waals surface area contributed by atoms with Crippen molar-refractivity contribution >= 4 is 34.3 Å². The zero-order chi connectivity index (χ0) is 21.1. The van der Waals surface area contributed by atoms with E-state index in [-0.39, 0.29) is 36.9 Å². The van der Waals surface area contributed by atoms with Gasteiger partial charge in [0.2, 0.25) is 5.91 Å². The Balaban J connectivity index is 1.47. The first-order valence-corrected chi connectivity index (χ1v) is 10.8. The minimum atomic E-state index is -0.744. The minimum Gasteiger partial charge on any atom is -0.465 e. The summed E-state index contributed by atoms with van der Waals surface area (Å²) in [6.45, 7) is 2.52. The van der Waals surface area contributed by atoms with Crippen LogP contribution in [0.25, 0.3) is 0 Å². The molecule has 1 saturated heterocycles. The standard InChI is InChI=1S/C21H23N3O5S/c1-2-29-20(27)14-8-9-16-18(14)22-21(30-16)23-19(26)15-11-28-12-17(25)24(15)10-13-6-4-3-5-7-13/h3-7,14-15H,2,8-12H2,1H3,(H,22,23,26)/t14-,15-/m0/s1. The van der Waals surface area contributed by atoms with Gasteiger partial charge in [-0.25, -0.2) is 4.98 Å². The predicted octanol–water partition coefficient (Wildman–Crippen LogP) is 2.10. The lowest BCUT2D eigenvalue weighted by Crippen LogP contribution is -2.54. The number of fused-ring (bicyclic) bond motifs is 1. The number of carbonyl (C=O) groups is 3. The summed E-state index contributed by atoms with van der Waals surface area (Å²) in [7, 11) is 0. The average molecular weight is 429 g/mol. The number of aryl methyl sites for hydroxylation is 1. The summed E-state index contributed by atoms with van der Waals surface area (Å²) in [5.74, 6) is -1.23. The fourth-order valence-corrected chi connectivity index (χ4v) is 4.78. The summed E-state index contributed by atoms with van der Waals surface area (Å²) in [4.78, 5) is 44.5. The number of nitrogens with zero attached hydrogens (tertiary/aromatic N) is 2. The highest BCUT2D eigenvalue weighted by molar-refractivity contribution is 7.16. The highest BCUT2D eigenvalue weighted by atomic mass is 32.1. The van der Waals surface area contributed by atoms with Gasteiger partial charge in [0.1, 0.15) is 18.6 Å². The molecule has 1 fully saturated rings. The molecule has 0 spiro atoms. The quantitative estimate of drug-likeness (QED) is 0.707. The topological polar surface area (TPSA) is 97.8 Å². The van der Waals surface area contributed by atoms with Crippen molar-refractivity contribution in [1.29, 1.82) is 0 Å². The van der Waals surface area contributed by atoms with E-state index in [4.69, 9.17) is 9.47 Å². The maximum absolute atomic E-state index is 12.9. The van der Waals surface area contributed by atoms with Crippen molar-refractivity contribution in [2.75, 3.05) is 25.1 Å². The lowest BCUT2D eigenvalue weighted by atomic mass is 10.1. The van der Waals surface area contributed by atoms with Crippen molar-refractivity contribution in [1.82, 2.24) is 9.88 Å². The summed E-state index contributed by atoms with van der Waals surface area (Å²) in [5, 5.41) is 3.24. The van der Waals surface area contributed by atoms with Crippen LogP contribution in [-0.4, -0.2) is 53.5 Å². The normalized spacial score (nSPS) is 20.7. The van der Waals surface area contributed by atoms with Crippen LogP contribution < -0.4 is 5.32 Å². The van der Waals surface area contributed by atoms with E-state index in [0.717, 1.165) is 16.9 Å². The van der Waals surface area contributed by atoms with E-state index in [9.17, 15) is 14.4 Å². The van der Waals surface area contributed by atoms with E-state index >= 15 is 0 Å². The molecule has 2 atom stereocenters. The molecule has 0 saturated carbocycles. The Morgan fingerprint density at radius 2 is 2.13 bits per heavy atom. The fourth-order valence-electron chi connectivity index (χ4n) is 3.74. The van der Waals surface area contributed by atoms with Crippen LogP contribution in [-0.2, 0) is 36.8 Å². The second kappa shape index (κ2) is 8.93. The molecule has 2 heterocycles. The summed E-state index contributed by atoms with van der Waals surface area (Å²) >= 11 is 1.36. The van der Waals surface area contributed by atoms with E-state index < -0.39 is 6.04 Å². The highest BCUT2D eigenvalue weighted by Gasteiger charge is 2.36. The number of esters is 1. The van der Waals surface area contributed by atoms with Crippen LogP contribution in [0, 0.1) is 0 Å². The third kappa shape index (κ3) is 4.22. The van der Waals surface area contributed by atoms with Crippen molar-refractivity contribution in [2.45, 2.75) is 38.3 Å². The van der Waals surface area contributed by atoms with Gasteiger partial charge in [-0.05, 0) is 25.3 Å². The molecule has 9 heteroatoms. The van der Waals surface area contributed by atoms with E-state index in [0.29, 0.717) is 30.4 Å². The second-order valence-electron chi connectivity index (χ2n) is 7.20. The molecule has 1 aliphatic heterocycles. The van der Waals surface area contributed by atoms with Crippen molar-refractivity contribution < 1.29 is 23.9 Å². The van der Waals surface area contributed by atoms with Gasteiger partial charge in [-0.15, -0.1) is 11.3 Å². The molecule has 1 aliphatic carbocycles. The molecule has 8 nitrogen and oxygen atoms in total. The third-order valence-electron chi connectivity index (χ3n) is 5.22.